The standard InChI is InChI=1S/C21H23ClFN3OS.ClH/c1-4-25(5-2)10-11-26(20(27)15-6-8-17(23)9-7-15)21-24-19-14(3)12-16(22)13-18(19)28-21;/h6-9,12-13H,4-5,10-11H2,1-3H3;1H. The summed E-state index contributed by atoms with van der Waals surface area (Å²) in [6, 6.07) is 9.37. The van der Waals surface area contributed by atoms with E-state index >= 15 is 0 Å². The molecule has 3 aromatic rings. The molecule has 0 atom stereocenters. The maximum Gasteiger partial charge on any atom is 0.260 e. The zero-order valence-electron chi connectivity index (χ0n) is 16.6. The van der Waals surface area contributed by atoms with E-state index in [0.717, 1.165) is 35.4 Å². The molecule has 0 spiro atoms. The summed E-state index contributed by atoms with van der Waals surface area (Å²) in [5.41, 5.74) is 2.27. The fourth-order valence-electron chi connectivity index (χ4n) is 3.07. The molecule has 0 aliphatic rings. The lowest BCUT2D eigenvalue weighted by atomic mass is 10.2. The summed E-state index contributed by atoms with van der Waals surface area (Å²) in [6.45, 7) is 9.20. The Morgan fingerprint density at radius 1 is 1.14 bits per heavy atom. The van der Waals surface area contributed by atoms with Crippen LogP contribution in [0.5, 0.6) is 0 Å². The van der Waals surface area contributed by atoms with Crippen LogP contribution in [0.15, 0.2) is 36.4 Å². The van der Waals surface area contributed by atoms with Gasteiger partial charge in [-0.25, -0.2) is 9.37 Å². The monoisotopic (exact) mass is 455 g/mol. The third-order valence-corrected chi connectivity index (χ3v) is 5.98. The highest BCUT2D eigenvalue weighted by Gasteiger charge is 2.22. The molecule has 0 N–H and O–H groups in total. The van der Waals surface area contributed by atoms with Gasteiger partial charge in [0, 0.05) is 23.7 Å². The van der Waals surface area contributed by atoms with Gasteiger partial charge < -0.3 is 4.90 Å². The first-order valence-electron chi connectivity index (χ1n) is 9.29. The van der Waals surface area contributed by atoms with E-state index in [1.807, 2.05) is 19.1 Å². The number of benzene rings is 2. The molecule has 0 saturated carbocycles. The van der Waals surface area contributed by atoms with Crippen LogP contribution in [0.2, 0.25) is 5.02 Å². The van der Waals surface area contributed by atoms with Crippen LogP contribution >= 0.6 is 35.3 Å². The number of likely N-dealkylation sites (N-methyl/N-ethyl adjacent to an activating group) is 1. The van der Waals surface area contributed by atoms with Gasteiger partial charge in [0.15, 0.2) is 5.13 Å². The lowest BCUT2D eigenvalue weighted by Gasteiger charge is -2.24. The van der Waals surface area contributed by atoms with Gasteiger partial charge in [-0.1, -0.05) is 36.8 Å². The molecular formula is C21H24Cl2FN3OS. The van der Waals surface area contributed by atoms with Crippen molar-refractivity contribution in [3.63, 3.8) is 0 Å². The minimum Gasteiger partial charge on any atom is -0.302 e. The van der Waals surface area contributed by atoms with E-state index in [1.165, 1.54) is 35.6 Å². The summed E-state index contributed by atoms with van der Waals surface area (Å²) in [5, 5.41) is 1.28. The molecule has 1 heterocycles. The van der Waals surface area contributed by atoms with Crippen molar-refractivity contribution in [1.82, 2.24) is 9.88 Å². The molecule has 0 radical (unpaired) electrons. The van der Waals surface area contributed by atoms with E-state index < -0.39 is 0 Å². The molecule has 1 amide bonds. The fourth-order valence-corrected chi connectivity index (χ4v) is 4.52. The second-order valence-electron chi connectivity index (χ2n) is 6.56. The maximum absolute atomic E-state index is 13.3. The number of hydrogen-bond donors (Lipinski definition) is 0. The summed E-state index contributed by atoms with van der Waals surface area (Å²) in [6.07, 6.45) is 0. The number of carbonyl (C=O) groups excluding carboxylic acids is 1. The Kier molecular flexibility index (Phi) is 8.40. The quantitative estimate of drug-likeness (QED) is 0.450. The van der Waals surface area contributed by atoms with Crippen molar-refractivity contribution >= 4 is 56.6 Å². The van der Waals surface area contributed by atoms with Gasteiger partial charge in [-0.2, -0.15) is 0 Å². The van der Waals surface area contributed by atoms with E-state index in [4.69, 9.17) is 16.6 Å². The molecule has 1 aromatic heterocycles. The highest BCUT2D eigenvalue weighted by atomic mass is 35.5. The molecule has 2 aromatic carbocycles. The minimum atomic E-state index is -0.364. The van der Waals surface area contributed by atoms with Crippen LogP contribution in [0, 0.1) is 12.7 Å². The Hall–Kier alpha value is -1.73. The van der Waals surface area contributed by atoms with Crippen LogP contribution in [0.25, 0.3) is 10.2 Å². The second kappa shape index (κ2) is 10.3. The summed E-state index contributed by atoms with van der Waals surface area (Å²) in [7, 11) is 0. The fraction of sp³-hybridized carbons (Fsp3) is 0.333. The first-order valence-corrected chi connectivity index (χ1v) is 10.5. The Labute approximate surface area is 185 Å². The topological polar surface area (TPSA) is 36.4 Å². The van der Waals surface area contributed by atoms with Crippen molar-refractivity contribution in [1.29, 1.82) is 0 Å². The zero-order valence-corrected chi connectivity index (χ0v) is 19.0. The highest BCUT2D eigenvalue weighted by molar-refractivity contribution is 7.22. The average Bonchev–Trinajstić information content (AvgIpc) is 3.09. The van der Waals surface area contributed by atoms with Crippen molar-refractivity contribution in [2.75, 3.05) is 31.1 Å². The molecule has 3 rings (SSSR count). The van der Waals surface area contributed by atoms with Gasteiger partial charge in [-0.05, 0) is 62.0 Å². The maximum atomic E-state index is 13.3. The second-order valence-corrected chi connectivity index (χ2v) is 8.00. The molecule has 0 aliphatic carbocycles. The van der Waals surface area contributed by atoms with Crippen molar-refractivity contribution in [2.24, 2.45) is 0 Å². The van der Waals surface area contributed by atoms with Crippen molar-refractivity contribution in [3.05, 3.63) is 58.4 Å². The Morgan fingerprint density at radius 2 is 1.79 bits per heavy atom. The van der Waals surface area contributed by atoms with Gasteiger partial charge in [-0.3, -0.25) is 9.69 Å². The smallest absolute Gasteiger partial charge is 0.260 e. The number of aromatic nitrogens is 1. The number of amides is 1. The normalized spacial score (nSPS) is 11.0. The van der Waals surface area contributed by atoms with E-state index in [1.54, 1.807) is 4.90 Å². The van der Waals surface area contributed by atoms with Gasteiger partial charge in [0.2, 0.25) is 0 Å². The Balaban J connectivity index is 0.00000300. The SMILES string of the molecule is CCN(CC)CCN(C(=O)c1ccc(F)cc1)c1nc2c(C)cc(Cl)cc2s1.Cl. The molecule has 0 fully saturated rings. The predicted molar refractivity (Wildman–Crippen MR) is 122 cm³/mol. The molecule has 156 valence electrons. The van der Waals surface area contributed by atoms with Crippen LogP contribution in [0.4, 0.5) is 9.52 Å². The van der Waals surface area contributed by atoms with Crippen LogP contribution in [0.3, 0.4) is 0 Å². The lowest BCUT2D eigenvalue weighted by molar-refractivity contribution is 0.0983. The Morgan fingerprint density at radius 3 is 2.41 bits per heavy atom. The lowest BCUT2D eigenvalue weighted by Crippen LogP contribution is -2.38. The molecule has 0 unspecified atom stereocenters. The number of carbonyl (C=O) groups is 1. The van der Waals surface area contributed by atoms with Crippen LogP contribution in [-0.4, -0.2) is 42.0 Å². The predicted octanol–water partition coefficient (Wildman–Crippen LogP) is 5.81. The third-order valence-electron chi connectivity index (χ3n) is 4.74. The number of nitrogens with zero attached hydrogens (tertiary/aromatic N) is 3. The van der Waals surface area contributed by atoms with Gasteiger partial charge in [-0.15, -0.1) is 12.4 Å². The number of rotatable bonds is 7. The van der Waals surface area contributed by atoms with Crippen molar-refractivity contribution in [3.8, 4) is 0 Å². The summed E-state index contributed by atoms with van der Waals surface area (Å²) < 4.78 is 14.2. The summed E-state index contributed by atoms with van der Waals surface area (Å²) >= 11 is 7.63. The van der Waals surface area contributed by atoms with Crippen molar-refractivity contribution in [2.45, 2.75) is 20.8 Å². The van der Waals surface area contributed by atoms with Gasteiger partial charge in [0.05, 0.1) is 10.2 Å². The molecular weight excluding hydrogens is 432 g/mol. The number of aryl methyl sites for hydroxylation is 1. The molecule has 29 heavy (non-hydrogen) atoms. The molecule has 8 heteroatoms. The summed E-state index contributed by atoms with van der Waals surface area (Å²) in [5.74, 6) is -0.550. The largest absolute Gasteiger partial charge is 0.302 e. The van der Waals surface area contributed by atoms with Crippen LogP contribution in [-0.2, 0) is 0 Å². The number of thiazole rings is 1. The van der Waals surface area contributed by atoms with E-state index in [-0.39, 0.29) is 24.1 Å². The van der Waals surface area contributed by atoms with E-state index in [0.29, 0.717) is 22.3 Å². The number of fused-ring (bicyclic) bond motifs is 1. The van der Waals surface area contributed by atoms with Crippen LogP contribution < -0.4 is 4.90 Å². The zero-order chi connectivity index (χ0) is 20.3. The number of anilines is 1. The van der Waals surface area contributed by atoms with Crippen molar-refractivity contribution < 1.29 is 9.18 Å². The Bertz CT molecular complexity index is 974. The average molecular weight is 456 g/mol. The van der Waals surface area contributed by atoms with Gasteiger partial charge >= 0.3 is 0 Å². The van der Waals surface area contributed by atoms with Gasteiger partial charge in [0.1, 0.15) is 5.82 Å². The molecule has 0 aliphatic heterocycles. The highest BCUT2D eigenvalue weighted by Crippen LogP contribution is 2.33. The number of hydrogen-bond acceptors (Lipinski definition) is 4. The molecule has 4 nitrogen and oxygen atoms in total. The van der Waals surface area contributed by atoms with E-state index in [2.05, 4.69) is 18.7 Å². The minimum absolute atomic E-state index is 0. The first-order chi connectivity index (χ1) is 13.4. The first kappa shape index (κ1) is 23.5. The number of halogens is 3. The third kappa shape index (κ3) is 5.45. The molecule has 0 bridgehead atoms. The molecule has 0 saturated heterocycles. The summed E-state index contributed by atoms with van der Waals surface area (Å²) in [4.78, 5) is 21.9. The van der Waals surface area contributed by atoms with E-state index in [9.17, 15) is 9.18 Å². The van der Waals surface area contributed by atoms with Crippen LogP contribution in [0.1, 0.15) is 29.8 Å². The van der Waals surface area contributed by atoms with Gasteiger partial charge in [0.25, 0.3) is 5.91 Å².